The molecule has 0 aliphatic rings. The van der Waals surface area contributed by atoms with E-state index in [0.29, 0.717) is 5.71 Å². The van der Waals surface area contributed by atoms with Gasteiger partial charge in [0, 0.05) is 11.1 Å². The maximum Gasteiger partial charge on any atom is 0.0908 e. The standard InChI is InChI=1S/C19H22N2/c1-4-19(2,3)21-18(16-13-9-6-10-14-16)17(20)15-11-7-5-8-12-15/h5-14,20H,4H2,1-3H3/b20-17?,21-18+. The van der Waals surface area contributed by atoms with Crippen molar-refractivity contribution in [3.63, 3.8) is 0 Å². The smallest absolute Gasteiger partial charge is 0.0908 e. The predicted octanol–water partition coefficient (Wildman–Crippen LogP) is 4.73. The van der Waals surface area contributed by atoms with Gasteiger partial charge in [-0.3, -0.25) is 10.4 Å². The third-order valence-corrected chi connectivity index (χ3v) is 3.63. The summed E-state index contributed by atoms with van der Waals surface area (Å²) < 4.78 is 0. The first-order valence-electron chi connectivity index (χ1n) is 7.33. The second-order valence-electron chi connectivity index (χ2n) is 5.73. The van der Waals surface area contributed by atoms with Gasteiger partial charge in [-0.15, -0.1) is 0 Å². The summed E-state index contributed by atoms with van der Waals surface area (Å²) in [6, 6.07) is 19.8. The van der Waals surface area contributed by atoms with Crippen molar-refractivity contribution in [3.05, 3.63) is 71.8 Å². The molecule has 0 spiro atoms. The molecule has 0 aliphatic carbocycles. The zero-order valence-corrected chi connectivity index (χ0v) is 12.9. The van der Waals surface area contributed by atoms with Crippen molar-refractivity contribution in [1.29, 1.82) is 5.41 Å². The van der Waals surface area contributed by atoms with Crippen molar-refractivity contribution in [2.75, 3.05) is 0 Å². The first-order valence-corrected chi connectivity index (χ1v) is 7.33. The Hall–Kier alpha value is -2.22. The van der Waals surface area contributed by atoms with E-state index in [0.717, 1.165) is 23.3 Å². The first-order chi connectivity index (χ1) is 10.0. The summed E-state index contributed by atoms with van der Waals surface area (Å²) in [7, 11) is 0. The SMILES string of the molecule is CCC(C)(C)/N=C(/C(=N)c1ccccc1)c1ccccc1. The average molecular weight is 278 g/mol. The minimum atomic E-state index is -0.174. The van der Waals surface area contributed by atoms with E-state index >= 15 is 0 Å². The van der Waals surface area contributed by atoms with E-state index in [1.54, 1.807) is 0 Å². The van der Waals surface area contributed by atoms with E-state index in [-0.39, 0.29) is 5.54 Å². The van der Waals surface area contributed by atoms with Crippen LogP contribution in [0.5, 0.6) is 0 Å². The highest BCUT2D eigenvalue weighted by molar-refractivity contribution is 6.52. The van der Waals surface area contributed by atoms with E-state index in [2.05, 4.69) is 20.8 Å². The van der Waals surface area contributed by atoms with Gasteiger partial charge in [-0.2, -0.15) is 0 Å². The predicted molar refractivity (Wildman–Crippen MR) is 90.6 cm³/mol. The molecule has 2 aromatic carbocycles. The van der Waals surface area contributed by atoms with Gasteiger partial charge in [0.15, 0.2) is 0 Å². The van der Waals surface area contributed by atoms with Gasteiger partial charge in [0.25, 0.3) is 0 Å². The van der Waals surface area contributed by atoms with Crippen LogP contribution >= 0.6 is 0 Å². The first kappa shape index (κ1) is 15.2. The number of hydrogen-bond donors (Lipinski definition) is 1. The largest absolute Gasteiger partial charge is 0.298 e. The zero-order chi connectivity index (χ0) is 15.3. The van der Waals surface area contributed by atoms with Crippen LogP contribution in [-0.2, 0) is 0 Å². The van der Waals surface area contributed by atoms with Gasteiger partial charge in [-0.05, 0) is 20.3 Å². The lowest BCUT2D eigenvalue weighted by Crippen LogP contribution is -2.24. The molecule has 0 heterocycles. The van der Waals surface area contributed by atoms with Gasteiger partial charge in [-0.25, -0.2) is 0 Å². The van der Waals surface area contributed by atoms with E-state index in [1.807, 2.05) is 60.7 Å². The maximum absolute atomic E-state index is 8.55. The second-order valence-corrected chi connectivity index (χ2v) is 5.73. The van der Waals surface area contributed by atoms with Crippen LogP contribution in [0.1, 0.15) is 38.3 Å². The van der Waals surface area contributed by atoms with Gasteiger partial charge < -0.3 is 0 Å². The molecule has 0 saturated heterocycles. The summed E-state index contributed by atoms with van der Waals surface area (Å²) in [6.45, 7) is 6.33. The summed E-state index contributed by atoms with van der Waals surface area (Å²) in [5, 5.41) is 8.55. The Morgan fingerprint density at radius 1 is 0.905 bits per heavy atom. The fraction of sp³-hybridized carbons (Fsp3) is 0.263. The molecule has 2 nitrogen and oxygen atoms in total. The Kier molecular flexibility index (Phi) is 4.69. The van der Waals surface area contributed by atoms with Gasteiger partial charge in [-0.1, -0.05) is 67.6 Å². The van der Waals surface area contributed by atoms with Crippen LogP contribution in [0.15, 0.2) is 65.7 Å². The topological polar surface area (TPSA) is 36.2 Å². The number of nitrogens with zero attached hydrogens (tertiary/aromatic N) is 1. The second kappa shape index (κ2) is 6.49. The fourth-order valence-electron chi connectivity index (χ4n) is 1.98. The summed E-state index contributed by atoms with van der Waals surface area (Å²) in [5.41, 5.74) is 2.95. The highest BCUT2D eigenvalue weighted by Crippen LogP contribution is 2.18. The van der Waals surface area contributed by atoms with Crippen molar-refractivity contribution in [3.8, 4) is 0 Å². The van der Waals surface area contributed by atoms with Gasteiger partial charge >= 0.3 is 0 Å². The Morgan fingerprint density at radius 2 is 1.38 bits per heavy atom. The van der Waals surface area contributed by atoms with Crippen LogP contribution in [0, 0.1) is 5.41 Å². The monoisotopic (exact) mass is 278 g/mol. The molecule has 0 radical (unpaired) electrons. The van der Waals surface area contributed by atoms with Gasteiger partial charge in [0.2, 0.25) is 0 Å². The highest BCUT2D eigenvalue weighted by Gasteiger charge is 2.19. The molecule has 2 rings (SSSR count). The quantitative estimate of drug-likeness (QED) is 0.767. The van der Waals surface area contributed by atoms with Crippen LogP contribution in [0.2, 0.25) is 0 Å². The molecule has 2 aromatic rings. The number of rotatable bonds is 5. The summed E-state index contributed by atoms with van der Waals surface area (Å²) in [6.07, 6.45) is 0.936. The molecule has 108 valence electrons. The lowest BCUT2D eigenvalue weighted by molar-refractivity contribution is 0.506. The van der Waals surface area contributed by atoms with Crippen molar-refractivity contribution in [2.45, 2.75) is 32.7 Å². The molecular formula is C19H22N2. The van der Waals surface area contributed by atoms with Gasteiger partial charge in [0.05, 0.1) is 17.0 Å². The Bertz CT molecular complexity index is 625. The average Bonchev–Trinajstić information content (AvgIpc) is 2.54. The Labute approximate surface area is 127 Å². The molecule has 0 amide bonds. The number of hydrogen-bond acceptors (Lipinski definition) is 2. The molecule has 1 N–H and O–H groups in total. The maximum atomic E-state index is 8.55. The molecule has 2 heteroatoms. The molecule has 0 aliphatic heterocycles. The van der Waals surface area contributed by atoms with E-state index in [4.69, 9.17) is 10.4 Å². The van der Waals surface area contributed by atoms with E-state index < -0.39 is 0 Å². The molecule has 0 unspecified atom stereocenters. The van der Waals surface area contributed by atoms with Crippen LogP contribution < -0.4 is 0 Å². The summed E-state index contributed by atoms with van der Waals surface area (Å²) in [4.78, 5) is 4.87. The van der Waals surface area contributed by atoms with Crippen LogP contribution in [0.25, 0.3) is 0 Å². The molecule has 0 aromatic heterocycles. The van der Waals surface area contributed by atoms with Crippen LogP contribution in [0.4, 0.5) is 0 Å². The molecule has 0 atom stereocenters. The molecule has 0 fully saturated rings. The van der Waals surface area contributed by atoms with E-state index in [1.165, 1.54) is 0 Å². The Morgan fingerprint density at radius 3 is 1.86 bits per heavy atom. The highest BCUT2D eigenvalue weighted by atomic mass is 14.9. The number of aliphatic imine (C=N–C) groups is 1. The van der Waals surface area contributed by atoms with Crippen molar-refractivity contribution >= 4 is 11.4 Å². The molecular weight excluding hydrogens is 256 g/mol. The normalized spacial score (nSPS) is 12.2. The van der Waals surface area contributed by atoms with Crippen molar-refractivity contribution < 1.29 is 0 Å². The lowest BCUT2D eigenvalue weighted by Gasteiger charge is -2.20. The summed E-state index contributed by atoms with van der Waals surface area (Å²) >= 11 is 0. The van der Waals surface area contributed by atoms with E-state index in [9.17, 15) is 0 Å². The minimum absolute atomic E-state index is 0.174. The third kappa shape index (κ3) is 3.88. The third-order valence-electron chi connectivity index (χ3n) is 3.63. The van der Waals surface area contributed by atoms with Crippen LogP contribution in [-0.4, -0.2) is 17.0 Å². The molecule has 0 saturated carbocycles. The zero-order valence-electron chi connectivity index (χ0n) is 12.9. The minimum Gasteiger partial charge on any atom is -0.298 e. The molecule has 21 heavy (non-hydrogen) atoms. The number of nitrogens with one attached hydrogen (secondary N) is 1. The van der Waals surface area contributed by atoms with Crippen molar-refractivity contribution in [1.82, 2.24) is 0 Å². The Balaban J connectivity index is 2.50. The fourth-order valence-corrected chi connectivity index (χ4v) is 1.98. The van der Waals surface area contributed by atoms with Crippen LogP contribution in [0.3, 0.4) is 0 Å². The number of benzene rings is 2. The molecule has 0 bridgehead atoms. The van der Waals surface area contributed by atoms with Crippen molar-refractivity contribution in [2.24, 2.45) is 4.99 Å². The van der Waals surface area contributed by atoms with Gasteiger partial charge in [0.1, 0.15) is 0 Å². The lowest BCUT2D eigenvalue weighted by atomic mass is 9.97. The summed E-state index contributed by atoms with van der Waals surface area (Å²) in [5.74, 6) is 0.